The molecule has 2 heterocycles. The number of fused-ring (bicyclic) bond motifs is 1. The molecule has 25 heavy (non-hydrogen) atoms. The molecule has 1 aromatic carbocycles. The van der Waals surface area contributed by atoms with Crippen LogP contribution in [0.4, 0.5) is 5.69 Å². The van der Waals surface area contributed by atoms with Crippen molar-refractivity contribution in [2.45, 2.75) is 33.2 Å². The van der Waals surface area contributed by atoms with E-state index in [1.165, 1.54) is 4.90 Å². The van der Waals surface area contributed by atoms with Crippen molar-refractivity contribution < 1.29 is 9.59 Å². The van der Waals surface area contributed by atoms with Crippen molar-refractivity contribution in [1.82, 2.24) is 14.9 Å². The standard InChI is InChI=1S/C18H20N4O3/c1-11-14(18(25)20-12(2)19-11)7-8-17(24)22-9-13-5-3-4-6-15(13)21-16(23)10-22/h3-6H,7-10H2,1-2H3,(H,21,23)(H,19,20,25). The molecule has 0 unspecified atom stereocenters. The average molecular weight is 340 g/mol. The van der Waals surface area contributed by atoms with Crippen LogP contribution in [0.15, 0.2) is 29.1 Å². The summed E-state index contributed by atoms with van der Waals surface area (Å²) in [6.45, 7) is 3.86. The molecular weight excluding hydrogens is 320 g/mol. The van der Waals surface area contributed by atoms with Gasteiger partial charge in [0.05, 0.1) is 0 Å². The zero-order valence-electron chi connectivity index (χ0n) is 14.3. The minimum atomic E-state index is -0.218. The fourth-order valence-corrected chi connectivity index (χ4v) is 3.02. The Balaban J connectivity index is 1.73. The topological polar surface area (TPSA) is 95.2 Å². The number of amides is 2. The van der Waals surface area contributed by atoms with Crippen LogP contribution in [0.25, 0.3) is 0 Å². The summed E-state index contributed by atoms with van der Waals surface area (Å²) in [5.74, 6) is 0.175. The number of benzene rings is 1. The second-order valence-corrected chi connectivity index (χ2v) is 6.17. The molecule has 0 saturated heterocycles. The summed E-state index contributed by atoms with van der Waals surface area (Å²) in [7, 11) is 0. The Morgan fingerprint density at radius 3 is 2.72 bits per heavy atom. The lowest BCUT2D eigenvalue weighted by Crippen LogP contribution is -2.35. The van der Waals surface area contributed by atoms with Crippen molar-refractivity contribution in [3.8, 4) is 0 Å². The van der Waals surface area contributed by atoms with Crippen LogP contribution in [-0.2, 0) is 22.6 Å². The van der Waals surface area contributed by atoms with Crippen LogP contribution in [0.5, 0.6) is 0 Å². The molecule has 2 N–H and O–H groups in total. The second kappa shape index (κ2) is 6.88. The third kappa shape index (κ3) is 3.76. The van der Waals surface area contributed by atoms with E-state index in [2.05, 4.69) is 15.3 Å². The maximum atomic E-state index is 12.6. The number of carbonyl (C=O) groups excluding carboxylic acids is 2. The predicted molar refractivity (Wildman–Crippen MR) is 93.1 cm³/mol. The minimum absolute atomic E-state index is 0.00893. The molecule has 130 valence electrons. The lowest BCUT2D eigenvalue weighted by molar-refractivity contribution is -0.135. The van der Waals surface area contributed by atoms with E-state index in [-0.39, 0.29) is 30.3 Å². The lowest BCUT2D eigenvalue weighted by Gasteiger charge is -2.19. The smallest absolute Gasteiger partial charge is 0.254 e. The number of nitrogens with zero attached hydrogens (tertiary/aromatic N) is 2. The molecule has 3 rings (SSSR count). The number of para-hydroxylation sites is 1. The van der Waals surface area contributed by atoms with E-state index in [4.69, 9.17) is 0 Å². The Kier molecular flexibility index (Phi) is 4.65. The van der Waals surface area contributed by atoms with E-state index >= 15 is 0 Å². The van der Waals surface area contributed by atoms with Gasteiger partial charge in [0.25, 0.3) is 5.56 Å². The maximum Gasteiger partial charge on any atom is 0.254 e. The summed E-state index contributed by atoms with van der Waals surface area (Å²) in [4.78, 5) is 45.0. The van der Waals surface area contributed by atoms with Gasteiger partial charge >= 0.3 is 0 Å². The number of rotatable bonds is 3. The van der Waals surface area contributed by atoms with Gasteiger partial charge < -0.3 is 15.2 Å². The SMILES string of the molecule is Cc1nc(C)c(CCC(=O)N2CC(=O)Nc3ccccc3C2)c(=O)[nH]1. The van der Waals surface area contributed by atoms with Crippen molar-refractivity contribution in [3.05, 3.63) is 57.3 Å². The number of carbonyl (C=O) groups is 2. The highest BCUT2D eigenvalue weighted by Crippen LogP contribution is 2.20. The molecule has 0 spiro atoms. The van der Waals surface area contributed by atoms with E-state index in [0.717, 1.165) is 11.3 Å². The average Bonchev–Trinajstić information content (AvgIpc) is 2.71. The number of H-pyrrole nitrogens is 1. The number of aromatic nitrogens is 2. The first-order chi connectivity index (χ1) is 11.9. The van der Waals surface area contributed by atoms with Crippen LogP contribution in [0, 0.1) is 13.8 Å². The van der Waals surface area contributed by atoms with Gasteiger partial charge in [-0.2, -0.15) is 0 Å². The van der Waals surface area contributed by atoms with Gasteiger partial charge in [0.1, 0.15) is 12.4 Å². The molecule has 0 fully saturated rings. The summed E-state index contributed by atoms with van der Waals surface area (Å²) >= 11 is 0. The molecule has 1 aromatic heterocycles. The molecule has 2 amide bonds. The van der Waals surface area contributed by atoms with Crippen LogP contribution < -0.4 is 10.9 Å². The number of anilines is 1. The Morgan fingerprint density at radius 1 is 1.20 bits per heavy atom. The lowest BCUT2D eigenvalue weighted by atomic mass is 10.1. The van der Waals surface area contributed by atoms with Gasteiger partial charge in [0.2, 0.25) is 11.8 Å². The van der Waals surface area contributed by atoms with Crippen molar-refractivity contribution >= 4 is 17.5 Å². The van der Waals surface area contributed by atoms with Crippen LogP contribution >= 0.6 is 0 Å². The zero-order chi connectivity index (χ0) is 18.0. The fraction of sp³-hybridized carbons (Fsp3) is 0.333. The number of aromatic amines is 1. The third-order valence-electron chi connectivity index (χ3n) is 4.27. The van der Waals surface area contributed by atoms with Gasteiger partial charge in [-0.25, -0.2) is 4.98 Å². The van der Waals surface area contributed by atoms with E-state index in [0.29, 0.717) is 30.0 Å². The van der Waals surface area contributed by atoms with Gasteiger partial charge in [-0.3, -0.25) is 14.4 Å². The van der Waals surface area contributed by atoms with Gasteiger partial charge in [0, 0.05) is 29.9 Å². The molecule has 7 nitrogen and oxygen atoms in total. The van der Waals surface area contributed by atoms with Crippen molar-refractivity contribution in [2.75, 3.05) is 11.9 Å². The van der Waals surface area contributed by atoms with Gasteiger partial charge in [-0.15, -0.1) is 0 Å². The molecule has 7 heteroatoms. The molecule has 2 aromatic rings. The third-order valence-corrected chi connectivity index (χ3v) is 4.27. The first-order valence-corrected chi connectivity index (χ1v) is 8.16. The molecule has 0 atom stereocenters. The van der Waals surface area contributed by atoms with E-state index < -0.39 is 0 Å². The quantitative estimate of drug-likeness (QED) is 0.880. The van der Waals surface area contributed by atoms with Gasteiger partial charge in [0.15, 0.2) is 0 Å². The maximum absolute atomic E-state index is 12.6. The highest BCUT2D eigenvalue weighted by molar-refractivity contribution is 5.96. The van der Waals surface area contributed by atoms with E-state index in [1.54, 1.807) is 13.8 Å². The summed E-state index contributed by atoms with van der Waals surface area (Å²) in [6.07, 6.45) is 0.456. The first-order valence-electron chi connectivity index (χ1n) is 8.16. The van der Waals surface area contributed by atoms with E-state index in [1.807, 2.05) is 24.3 Å². The Hall–Kier alpha value is -2.96. The van der Waals surface area contributed by atoms with Gasteiger partial charge in [-0.05, 0) is 31.9 Å². The Labute approximate surface area is 145 Å². The molecular formula is C18H20N4O3. The molecule has 0 saturated carbocycles. The van der Waals surface area contributed by atoms with E-state index in [9.17, 15) is 14.4 Å². The van der Waals surface area contributed by atoms with Crippen molar-refractivity contribution in [1.29, 1.82) is 0 Å². The molecule has 1 aliphatic rings. The first kappa shape index (κ1) is 16.9. The summed E-state index contributed by atoms with van der Waals surface area (Å²) < 4.78 is 0. The largest absolute Gasteiger partial charge is 0.329 e. The molecule has 0 radical (unpaired) electrons. The number of aryl methyl sites for hydroxylation is 2. The number of nitrogens with one attached hydrogen (secondary N) is 2. The van der Waals surface area contributed by atoms with Crippen LogP contribution in [-0.4, -0.2) is 33.2 Å². The van der Waals surface area contributed by atoms with Crippen molar-refractivity contribution in [2.24, 2.45) is 0 Å². The summed E-state index contributed by atoms with van der Waals surface area (Å²) in [5, 5.41) is 2.81. The van der Waals surface area contributed by atoms with Gasteiger partial charge in [-0.1, -0.05) is 18.2 Å². The monoisotopic (exact) mass is 340 g/mol. The fourth-order valence-electron chi connectivity index (χ4n) is 3.02. The van der Waals surface area contributed by atoms with Crippen molar-refractivity contribution in [3.63, 3.8) is 0 Å². The minimum Gasteiger partial charge on any atom is -0.329 e. The normalized spacial score (nSPS) is 13.8. The predicted octanol–water partition coefficient (Wildman–Crippen LogP) is 1.30. The number of hydrogen-bond donors (Lipinski definition) is 2. The van der Waals surface area contributed by atoms with Crippen LogP contribution in [0.2, 0.25) is 0 Å². The second-order valence-electron chi connectivity index (χ2n) is 6.17. The highest BCUT2D eigenvalue weighted by atomic mass is 16.2. The highest BCUT2D eigenvalue weighted by Gasteiger charge is 2.23. The molecule has 0 bridgehead atoms. The molecule has 0 aliphatic carbocycles. The van der Waals surface area contributed by atoms with Crippen LogP contribution in [0.3, 0.4) is 0 Å². The summed E-state index contributed by atoms with van der Waals surface area (Å²) in [5.41, 5.74) is 2.56. The van der Waals surface area contributed by atoms with Crippen LogP contribution in [0.1, 0.15) is 29.1 Å². The number of hydrogen-bond acceptors (Lipinski definition) is 4. The molecule has 1 aliphatic heterocycles. The zero-order valence-corrected chi connectivity index (χ0v) is 14.3. The Bertz CT molecular complexity index is 888. The Morgan fingerprint density at radius 2 is 1.96 bits per heavy atom. The summed E-state index contributed by atoms with van der Waals surface area (Å²) in [6, 6.07) is 7.43.